The first-order valence-corrected chi connectivity index (χ1v) is 13.1. The van der Waals surface area contributed by atoms with E-state index >= 15 is 0 Å². The van der Waals surface area contributed by atoms with Crippen LogP contribution in [0.5, 0.6) is 0 Å². The highest BCUT2D eigenvalue weighted by Crippen LogP contribution is 2.41. The fourth-order valence-electron chi connectivity index (χ4n) is 5.52. The highest BCUT2D eigenvalue weighted by atomic mass is 32.2. The lowest BCUT2D eigenvalue weighted by molar-refractivity contribution is -0.182. The number of aromatic nitrogens is 3. The summed E-state index contributed by atoms with van der Waals surface area (Å²) < 4.78 is 66.3. The summed E-state index contributed by atoms with van der Waals surface area (Å²) in [4.78, 5) is 12.0. The molecule has 178 valence electrons. The van der Waals surface area contributed by atoms with E-state index in [4.69, 9.17) is 0 Å². The van der Waals surface area contributed by atoms with Crippen molar-refractivity contribution in [2.45, 2.75) is 50.6 Å². The van der Waals surface area contributed by atoms with Crippen molar-refractivity contribution in [3.63, 3.8) is 0 Å². The first-order chi connectivity index (χ1) is 15.7. The largest absolute Gasteiger partial charge is 0.393 e. The van der Waals surface area contributed by atoms with Gasteiger partial charge < -0.3 is 4.98 Å². The molecule has 10 heteroatoms. The molecule has 6 nitrogen and oxygen atoms in total. The Morgan fingerprint density at radius 1 is 1.09 bits per heavy atom. The van der Waals surface area contributed by atoms with E-state index in [2.05, 4.69) is 15.0 Å². The third-order valence-corrected chi connectivity index (χ3v) is 9.32. The Kier molecular flexibility index (Phi) is 5.84. The molecule has 3 aromatic rings. The van der Waals surface area contributed by atoms with Gasteiger partial charge in [-0.1, -0.05) is 0 Å². The lowest BCUT2D eigenvalue weighted by Crippen LogP contribution is -2.46. The number of nitrogens with one attached hydrogen (secondary N) is 1. The van der Waals surface area contributed by atoms with Crippen LogP contribution in [0.2, 0.25) is 0 Å². The number of pyridine rings is 2. The second-order valence-corrected chi connectivity index (χ2v) is 11.4. The fourth-order valence-corrected chi connectivity index (χ4v) is 7.48. The fraction of sp³-hybridized carbons (Fsp3) is 0.565. The average molecular weight is 481 g/mol. The van der Waals surface area contributed by atoms with Gasteiger partial charge in [0.1, 0.15) is 5.65 Å². The molecule has 1 saturated carbocycles. The molecular weight excluding hydrogens is 453 g/mol. The molecule has 4 heterocycles. The predicted molar refractivity (Wildman–Crippen MR) is 120 cm³/mol. The number of fused-ring (bicyclic) bond motifs is 3. The van der Waals surface area contributed by atoms with Gasteiger partial charge in [0.25, 0.3) is 0 Å². The van der Waals surface area contributed by atoms with Crippen LogP contribution in [0.4, 0.5) is 13.2 Å². The number of piperidine rings is 1. The second kappa shape index (κ2) is 8.54. The molecule has 1 saturated heterocycles. The summed E-state index contributed by atoms with van der Waals surface area (Å²) in [6, 6.07) is 2.01. The molecule has 5 rings (SSSR count). The maximum atomic E-state index is 13.1. The van der Waals surface area contributed by atoms with Gasteiger partial charge in [0, 0.05) is 54.0 Å². The van der Waals surface area contributed by atoms with Crippen LogP contribution in [0.25, 0.3) is 21.8 Å². The van der Waals surface area contributed by atoms with Gasteiger partial charge in [0.2, 0.25) is 10.0 Å². The number of hydrogen-bond acceptors (Lipinski definition) is 4. The maximum absolute atomic E-state index is 13.1. The van der Waals surface area contributed by atoms with Gasteiger partial charge in [-0.15, -0.1) is 0 Å². The summed E-state index contributed by atoms with van der Waals surface area (Å²) in [5, 5.41) is 3.17. The molecule has 0 spiro atoms. The SMILES string of the molecule is O=S(=O)(CC1CCC(c2cncc3cnc4[nH]ccc4c23)CC1)N1CCCC(C(F)(F)F)C1. The monoisotopic (exact) mass is 480 g/mol. The summed E-state index contributed by atoms with van der Waals surface area (Å²) in [6.45, 7) is -0.254. The topological polar surface area (TPSA) is 79.0 Å². The first-order valence-electron chi connectivity index (χ1n) is 11.5. The van der Waals surface area contributed by atoms with Crippen LogP contribution in [0, 0.1) is 11.8 Å². The van der Waals surface area contributed by atoms with Gasteiger partial charge in [-0.25, -0.2) is 17.7 Å². The van der Waals surface area contributed by atoms with Gasteiger partial charge in [0.15, 0.2) is 0 Å². The second-order valence-electron chi connectivity index (χ2n) is 9.43. The van der Waals surface area contributed by atoms with E-state index in [-0.39, 0.29) is 37.0 Å². The van der Waals surface area contributed by atoms with Crippen LogP contribution in [0.15, 0.2) is 30.9 Å². The van der Waals surface area contributed by atoms with Crippen molar-refractivity contribution in [2.24, 2.45) is 11.8 Å². The van der Waals surface area contributed by atoms with Crippen LogP contribution in [-0.4, -0.2) is 52.7 Å². The zero-order valence-corrected chi connectivity index (χ0v) is 19.0. The van der Waals surface area contributed by atoms with E-state index in [1.165, 1.54) is 0 Å². The summed E-state index contributed by atoms with van der Waals surface area (Å²) in [5.74, 6) is -1.39. The Hall–Kier alpha value is -2.20. The summed E-state index contributed by atoms with van der Waals surface area (Å²) >= 11 is 0. The predicted octanol–water partition coefficient (Wildman–Crippen LogP) is 4.99. The van der Waals surface area contributed by atoms with Gasteiger partial charge in [-0.3, -0.25) is 4.98 Å². The molecule has 3 aromatic heterocycles. The van der Waals surface area contributed by atoms with E-state index in [0.29, 0.717) is 0 Å². The van der Waals surface area contributed by atoms with Crippen LogP contribution in [0.3, 0.4) is 0 Å². The molecule has 1 N–H and O–H groups in total. The van der Waals surface area contributed by atoms with Gasteiger partial charge in [-0.05, 0) is 62.0 Å². The zero-order chi connectivity index (χ0) is 23.2. The van der Waals surface area contributed by atoms with Crippen LogP contribution in [0.1, 0.15) is 50.0 Å². The number of halogens is 3. The number of H-pyrrole nitrogens is 1. The third kappa shape index (κ3) is 4.47. The summed E-state index contributed by atoms with van der Waals surface area (Å²) in [6.07, 6.45) is 6.44. The minimum absolute atomic E-state index is 0.00360. The molecule has 1 atom stereocenters. The van der Waals surface area contributed by atoms with Crippen molar-refractivity contribution >= 4 is 31.8 Å². The lowest BCUT2D eigenvalue weighted by atomic mass is 9.78. The molecule has 1 aliphatic carbocycles. The lowest BCUT2D eigenvalue weighted by Gasteiger charge is -2.35. The number of hydrogen-bond donors (Lipinski definition) is 1. The van der Waals surface area contributed by atoms with Crippen molar-refractivity contribution in [3.8, 4) is 0 Å². The minimum Gasteiger partial charge on any atom is -0.346 e. The Morgan fingerprint density at radius 2 is 1.88 bits per heavy atom. The molecule has 2 aliphatic rings. The van der Waals surface area contributed by atoms with Gasteiger partial charge in [-0.2, -0.15) is 13.2 Å². The number of alkyl halides is 3. The van der Waals surface area contributed by atoms with E-state index in [1.807, 2.05) is 30.9 Å². The number of rotatable bonds is 4. The highest BCUT2D eigenvalue weighted by molar-refractivity contribution is 7.89. The third-order valence-electron chi connectivity index (χ3n) is 7.31. The minimum atomic E-state index is -4.35. The molecule has 1 aliphatic heterocycles. The van der Waals surface area contributed by atoms with Crippen molar-refractivity contribution < 1.29 is 21.6 Å². The van der Waals surface area contributed by atoms with E-state index in [9.17, 15) is 21.6 Å². The number of nitrogens with zero attached hydrogens (tertiary/aromatic N) is 3. The molecule has 0 bridgehead atoms. The first kappa shape index (κ1) is 22.6. The Bertz CT molecular complexity index is 1250. The highest BCUT2D eigenvalue weighted by Gasteiger charge is 2.44. The van der Waals surface area contributed by atoms with Crippen LogP contribution >= 0.6 is 0 Å². The number of sulfonamides is 1. The molecule has 33 heavy (non-hydrogen) atoms. The molecular formula is C23H27F3N4O2S. The van der Waals surface area contributed by atoms with Crippen molar-refractivity contribution in [1.82, 2.24) is 19.3 Å². The van der Waals surface area contributed by atoms with Crippen molar-refractivity contribution in [3.05, 3.63) is 36.4 Å². The normalized spacial score (nSPS) is 25.6. The molecule has 0 aromatic carbocycles. The van der Waals surface area contributed by atoms with Crippen LogP contribution in [-0.2, 0) is 10.0 Å². The van der Waals surface area contributed by atoms with E-state index in [0.717, 1.165) is 57.4 Å². The average Bonchev–Trinajstić information content (AvgIpc) is 3.28. The van der Waals surface area contributed by atoms with Gasteiger partial charge in [0.05, 0.1) is 11.7 Å². The summed E-state index contributed by atoms with van der Waals surface area (Å²) in [7, 11) is -3.71. The summed E-state index contributed by atoms with van der Waals surface area (Å²) in [5.41, 5.74) is 1.98. The van der Waals surface area contributed by atoms with Crippen LogP contribution < -0.4 is 0 Å². The Morgan fingerprint density at radius 3 is 2.64 bits per heavy atom. The quantitative estimate of drug-likeness (QED) is 0.571. The van der Waals surface area contributed by atoms with E-state index in [1.54, 1.807) is 0 Å². The van der Waals surface area contributed by atoms with Crippen molar-refractivity contribution in [1.29, 1.82) is 0 Å². The van der Waals surface area contributed by atoms with E-state index < -0.39 is 28.7 Å². The Balaban J connectivity index is 1.28. The smallest absolute Gasteiger partial charge is 0.346 e. The molecule has 0 amide bonds. The number of aromatic amines is 1. The van der Waals surface area contributed by atoms with Crippen molar-refractivity contribution in [2.75, 3.05) is 18.8 Å². The molecule has 0 radical (unpaired) electrons. The standard InChI is InChI=1S/C23H27F3N4O2S/c24-23(25,26)18-2-1-9-30(13-18)33(31,32)14-15-3-5-16(6-4-15)20-12-27-10-17-11-29-22-19(21(17)20)7-8-28-22/h7-8,10-12,15-16,18H,1-6,9,13-14H2,(H,28,29). The van der Waals surface area contributed by atoms with Gasteiger partial charge >= 0.3 is 6.18 Å². The molecule has 2 fully saturated rings. The zero-order valence-electron chi connectivity index (χ0n) is 18.2. The Labute approximate surface area is 190 Å². The molecule has 1 unspecified atom stereocenters. The maximum Gasteiger partial charge on any atom is 0.393 e.